The van der Waals surface area contributed by atoms with E-state index in [9.17, 15) is 19.2 Å². The Morgan fingerprint density at radius 3 is 2.25 bits per heavy atom. The first-order valence-electron chi connectivity index (χ1n) is 12.0. The van der Waals surface area contributed by atoms with Gasteiger partial charge in [0.15, 0.2) is 0 Å². The Hall–Kier alpha value is -5.28. The smallest absolute Gasteiger partial charge is 0.343 e. The molecule has 10 heteroatoms. The highest BCUT2D eigenvalue weighted by molar-refractivity contribution is 6.40. The lowest BCUT2D eigenvalue weighted by Crippen LogP contribution is -2.33. The minimum atomic E-state index is -1.03. The summed E-state index contributed by atoms with van der Waals surface area (Å²) in [7, 11) is 0. The van der Waals surface area contributed by atoms with Crippen LogP contribution in [0.5, 0.6) is 5.75 Å². The Bertz CT molecular complexity index is 1580. The fraction of sp³-hybridized carbons (Fsp3) is 0.0333. The molecule has 0 bridgehead atoms. The van der Waals surface area contributed by atoms with Gasteiger partial charge in [0.05, 0.1) is 23.0 Å². The summed E-state index contributed by atoms with van der Waals surface area (Å²) in [5, 5.41) is 9.40. The van der Waals surface area contributed by atoms with E-state index in [1.54, 1.807) is 66.7 Å². The summed E-state index contributed by atoms with van der Waals surface area (Å²) in [6.07, 6.45) is 1.32. The van der Waals surface area contributed by atoms with Crippen molar-refractivity contribution in [1.82, 2.24) is 5.43 Å². The van der Waals surface area contributed by atoms with E-state index < -0.39 is 23.7 Å². The molecule has 3 amide bonds. The van der Waals surface area contributed by atoms with Crippen molar-refractivity contribution in [3.8, 4) is 5.75 Å². The van der Waals surface area contributed by atoms with E-state index in [1.807, 2.05) is 19.1 Å². The number of rotatable bonds is 7. The van der Waals surface area contributed by atoms with Crippen LogP contribution in [0.2, 0.25) is 5.02 Å². The van der Waals surface area contributed by atoms with Gasteiger partial charge in [-0.15, -0.1) is 0 Å². The average molecular weight is 555 g/mol. The van der Waals surface area contributed by atoms with Gasteiger partial charge >= 0.3 is 17.8 Å². The summed E-state index contributed by atoms with van der Waals surface area (Å²) in [4.78, 5) is 49.7. The van der Waals surface area contributed by atoms with Gasteiger partial charge in [-0.05, 0) is 79.2 Å². The van der Waals surface area contributed by atoms with Gasteiger partial charge < -0.3 is 15.4 Å². The van der Waals surface area contributed by atoms with Crippen molar-refractivity contribution in [1.29, 1.82) is 0 Å². The van der Waals surface area contributed by atoms with Crippen LogP contribution in [0.25, 0.3) is 0 Å². The molecule has 3 N–H and O–H groups in total. The summed E-state index contributed by atoms with van der Waals surface area (Å²) < 4.78 is 5.31. The SMILES string of the molecule is Cc1ccc(NC(=O)c2ccccc2NC(=O)C(=O)NN=Cc2ccc(OC(=O)c3cccc(Cl)c3)cc2)cc1. The van der Waals surface area contributed by atoms with Crippen molar-refractivity contribution < 1.29 is 23.9 Å². The highest BCUT2D eigenvalue weighted by Crippen LogP contribution is 2.18. The number of nitrogens with zero attached hydrogens (tertiary/aromatic N) is 1. The fourth-order valence-corrected chi connectivity index (χ4v) is 3.61. The van der Waals surface area contributed by atoms with E-state index in [-0.39, 0.29) is 11.3 Å². The van der Waals surface area contributed by atoms with Crippen LogP contribution in [0, 0.1) is 6.92 Å². The van der Waals surface area contributed by atoms with Crippen molar-refractivity contribution in [3.05, 3.63) is 124 Å². The molecule has 0 saturated heterocycles. The van der Waals surface area contributed by atoms with Crippen LogP contribution in [-0.4, -0.2) is 29.9 Å². The molecule has 0 fully saturated rings. The molecule has 4 aromatic carbocycles. The third-order valence-electron chi connectivity index (χ3n) is 5.47. The molecule has 0 aromatic heterocycles. The number of benzene rings is 4. The van der Waals surface area contributed by atoms with E-state index in [2.05, 4.69) is 21.2 Å². The third kappa shape index (κ3) is 7.62. The summed E-state index contributed by atoms with van der Waals surface area (Å²) in [5.74, 6) is -2.74. The van der Waals surface area contributed by atoms with Crippen LogP contribution >= 0.6 is 11.6 Å². The zero-order valence-corrected chi connectivity index (χ0v) is 21.9. The van der Waals surface area contributed by atoms with Crippen LogP contribution in [0.1, 0.15) is 31.8 Å². The summed E-state index contributed by atoms with van der Waals surface area (Å²) in [6, 6.07) is 26.3. The number of para-hydroxylation sites is 1. The Morgan fingerprint density at radius 1 is 0.800 bits per heavy atom. The Balaban J connectivity index is 1.30. The number of nitrogens with one attached hydrogen (secondary N) is 3. The Kier molecular flexibility index (Phi) is 9.01. The monoisotopic (exact) mass is 554 g/mol. The predicted molar refractivity (Wildman–Crippen MR) is 153 cm³/mol. The Labute approximate surface area is 234 Å². The van der Waals surface area contributed by atoms with Crippen molar-refractivity contribution in [2.24, 2.45) is 5.10 Å². The van der Waals surface area contributed by atoms with E-state index in [0.717, 1.165) is 5.56 Å². The van der Waals surface area contributed by atoms with Crippen LogP contribution in [-0.2, 0) is 9.59 Å². The molecule has 9 nitrogen and oxygen atoms in total. The third-order valence-corrected chi connectivity index (χ3v) is 5.70. The van der Waals surface area contributed by atoms with E-state index >= 15 is 0 Å². The van der Waals surface area contributed by atoms with E-state index in [4.69, 9.17) is 16.3 Å². The molecule has 0 radical (unpaired) electrons. The summed E-state index contributed by atoms with van der Waals surface area (Å²) >= 11 is 5.90. The molecule has 0 spiro atoms. The normalized spacial score (nSPS) is 10.6. The van der Waals surface area contributed by atoms with Crippen LogP contribution < -0.4 is 20.8 Å². The predicted octanol–water partition coefficient (Wildman–Crippen LogP) is 5.21. The number of amides is 3. The number of ether oxygens (including phenoxy) is 1. The quantitative estimate of drug-likeness (QED) is 0.0950. The van der Waals surface area contributed by atoms with Gasteiger partial charge in [-0.25, -0.2) is 10.2 Å². The largest absolute Gasteiger partial charge is 0.423 e. The first-order chi connectivity index (χ1) is 19.3. The highest BCUT2D eigenvalue weighted by atomic mass is 35.5. The minimum absolute atomic E-state index is 0.166. The minimum Gasteiger partial charge on any atom is -0.423 e. The second-order valence-electron chi connectivity index (χ2n) is 8.49. The number of anilines is 2. The molecule has 200 valence electrons. The van der Waals surface area contributed by atoms with Gasteiger partial charge in [0, 0.05) is 10.7 Å². The van der Waals surface area contributed by atoms with E-state index in [0.29, 0.717) is 27.6 Å². The standard InChI is InChI=1S/C30H23ClN4O5/c1-19-9-13-23(14-10-19)33-27(36)25-7-2-3-8-26(25)34-28(37)29(38)35-32-18-20-11-15-24(16-12-20)40-30(39)21-5-4-6-22(31)17-21/h2-18H,1H3,(H,33,36)(H,34,37)(H,35,38). The number of hydrogen-bond acceptors (Lipinski definition) is 6. The van der Waals surface area contributed by atoms with Gasteiger partial charge in [-0.3, -0.25) is 14.4 Å². The highest BCUT2D eigenvalue weighted by Gasteiger charge is 2.18. The lowest BCUT2D eigenvalue weighted by Gasteiger charge is -2.11. The maximum absolute atomic E-state index is 12.7. The zero-order valence-electron chi connectivity index (χ0n) is 21.2. The summed E-state index contributed by atoms with van der Waals surface area (Å²) in [5.41, 5.74) is 5.01. The van der Waals surface area contributed by atoms with Gasteiger partial charge in [-0.2, -0.15) is 5.10 Å². The maximum atomic E-state index is 12.7. The number of carbonyl (C=O) groups is 4. The van der Waals surface area contributed by atoms with Crippen molar-refractivity contribution in [2.75, 3.05) is 10.6 Å². The first kappa shape index (κ1) is 27.7. The average Bonchev–Trinajstić information content (AvgIpc) is 2.95. The number of halogens is 1. The molecule has 40 heavy (non-hydrogen) atoms. The zero-order chi connectivity index (χ0) is 28.5. The topological polar surface area (TPSA) is 126 Å². The molecule has 4 rings (SSSR count). The second kappa shape index (κ2) is 13.0. The number of hydrogen-bond donors (Lipinski definition) is 3. The van der Waals surface area contributed by atoms with Crippen molar-refractivity contribution in [2.45, 2.75) is 6.92 Å². The van der Waals surface area contributed by atoms with Gasteiger partial charge in [0.1, 0.15) is 5.75 Å². The number of esters is 1. The molecular weight excluding hydrogens is 532 g/mol. The molecule has 0 unspecified atom stereocenters. The van der Waals surface area contributed by atoms with Gasteiger partial charge in [0.25, 0.3) is 5.91 Å². The molecule has 0 atom stereocenters. The fourth-order valence-electron chi connectivity index (χ4n) is 3.42. The second-order valence-corrected chi connectivity index (χ2v) is 8.92. The number of aryl methyl sites for hydroxylation is 1. The van der Waals surface area contributed by atoms with Gasteiger partial charge in [0.2, 0.25) is 0 Å². The van der Waals surface area contributed by atoms with Crippen LogP contribution in [0.15, 0.2) is 102 Å². The van der Waals surface area contributed by atoms with Crippen LogP contribution in [0.3, 0.4) is 0 Å². The summed E-state index contributed by atoms with van der Waals surface area (Å²) in [6.45, 7) is 1.94. The molecule has 0 aliphatic heterocycles. The van der Waals surface area contributed by atoms with Gasteiger partial charge in [-0.1, -0.05) is 47.5 Å². The molecule has 4 aromatic rings. The van der Waals surface area contributed by atoms with E-state index in [1.165, 1.54) is 24.4 Å². The first-order valence-corrected chi connectivity index (χ1v) is 12.4. The number of hydrazone groups is 1. The van der Waals surface area contributed by atoms with Crippen molar-refractivity contribution in [3.63, 3.8) is 0 Å². The molecule has 0 aliphatic rings. The molecule has 0 aliphatic carbocycles. The molecule has 0 saturated carbocycles. The maximum Gasteiger partial charge on any atom is 0.343 e. The molecular formula is C30H23ClN4O5. The number of carbonyl (C=O) groups excluding carboxylic acids is 4. The van der Waals surface area contributed by atoms with Crippen molar-refractivity contribution >= 4 is 52.9 Å². The van der Waals surface area contributed by atoms with Crippen LogP contribution in [0.4, 0.5) is 11.4 Å². The lowest BCUT2D eigenvalue weighted by molar-refractivity contribution is -0.136. The lowest BCUT2D eigenvalue weighted by atomic mass is 10.1. The Morgan fingerprint density at radius 2 is 1.52 bits per heavy atom. The molecule has 0 heterocycles.